The molecule has 1 heterocycles. The molecule has 0 radical (unpaired) electrons. The zero-order valence-corrected chi connectivity index (χ0v) is 13.5. The topological polar surface area (TPSA) is 113 Å². The minimum atomic E-state index is -0.618. The van der Waals surface area contributed by atoms with Crippen LogP contribution in [0.3, 0.4) is 0 Å². The fourth-order valence-electron chi connectivity index (χ4n) is 2.24. The third kappa shape index (κ3) is 3.81. The van der Waals surface area contributed by atoms with Crippen molar-refractivity contribution in [1.82, 2.24) is 4.98 Å². The molecule has 0 aliphatic carbocycles. The summed E-state index contributed by atoms with van der Waals surface area (Å²) in [4.78, 5) is 37.5. The van der Waals surface area contributed by atoms with Crippen molar-refractivity contribution in [2.45, 2.75) is 6.92 Å². The number of benzene rings is 2. The second kappa shape index (κ2) is 6.98. The standard InChI is InChI=1S/C18H12N2O6/c1-11(21)25-14-7-8-16-15(10-14)18(22)26-17(19-16)9-4-12-2-5-13(6-3-12)20(23)24/h2-10H,1H3/b9-4+. The molecular formula is C18H12N2O6. The summed E-state index contributed by atoms with van der Waals surface area (Å²) in [6, 6.07) is 10.4. The van der Waals surface area contributed by atoms with Crippen molar-refractivity contribution in [3.05, 3.63) is 74.5 Å². The van der Waals surface area contributed by atoms with Crippen LogP contribution in [-0.2, 0) is 4.79 Å². The zero-order chi connectivity index (χ0) is 18.7. The number of ether oxygens (including phenoxy) is 1. The van der Waals surface area contributed by atoms with Crippen LogP contribution in [-0.4, -0.2) is 15.9 Å². The fourth-order valence-corrected chi connectivity index (χ4v) is 2.24. The van der Waals surface area contributed by atoms with Crippen molar-refractivity contribution in [2.75, 3.05) is 0 Å². The van der Waals surface area contributed by atoms with Crippen LogP contribution in [0.25, 0.3) is 23.1 Å². The highest BCUT2D eigenvalue weighted by molar-refractivity contribution is 5.81. The Morgan fingerprint density at radius 2 is 1.92 bits per heavy atom. The van der Waals surface area contributed by atoms with Gasteiger partial charge in [0.05, 0.1) is 15.8 Å². The lowest BCUT2D eigenvalue weighted by Gasteiger charge is -2.02. The molecule has 0 unspecified atom stereocenters. The lowest BCUT2D eigenvalue weighted by atomic mass is 10.2. The van der Waals surface area contributed by atoms with Crippen molar-refractivity contribution in [2.24, 2.45) is 0 Å². The van der Waals surface area contributed by atoms with E-state index in [0.29, 0.717) is 11.1 Å². The Kier molecular flexibility index (Phi) is 4.57. The van der Waals surface area contributed by atoms with Crippen LogP contribution in [0.4, 0.5) is 5.69 Å². The van der Waals surface area contributed by atoms with Gasteiger partial charge in [-0.2, -0.15) is 0 Å². The van der Waals surface area contributed by atoms with Gasteiger partial charge in [-0.05, 0) is 42.0 Å². The van der Waals surface area contributed by atoms with E-state index in [1.54, 1.807) is 24.3 Å². The number of hydrogen-bond donors (Lipinski definition) is 0. The molecular weight excluding hydrogens is 340 g/mol. The fraction of sp³-hybridized carbons (Fsp3) is 0.0556. The summed E-state index contributed by atoms with van der Waals surface area (Å²) in [5.74, 6) is -0.182. The number of carbonyl (C=O) groups is 1. The summed E-state index contributed by atoms with van der Waals surface area (Å²) in [7, 11) is 0. The van der Waals surface area contributed by atoms with Crippen LogP contribution < -0.4 is 10.4 Å². The van der Waals surface area contributed by atoms with E-state index < -0.39 is 16.5 Å². The zero-order valence-electron chi connectivity index (χ0n) is 13.5. The number of non-ortho nitro benzene ring substituents is 1. The summed E-state index contributed by atoms with van der Waals surface area (Å²) in [6.45, 7) is 1.26. The summed E-state index contributed by atoms with van der Waals surface area (Å²) < 4.78 is 10.1. The molecule has 8 nitrogen and oxygen atoms in total. The number of carbonyl (C=O) groups excluding carboxylic acids is 1. The van der Waals surface area contributed by atoms with Crippen molar-refractivity contribution >= 4 is 34.7 Å². The number of nitrogens with zero attached hydrogens (tertiary/aromatic N) is 2. The van der Waals surface area contributed by atoms with Crippen molar-refractivity contribution in [3.8, 4) is 5.75 Å². The maximum Gasteiger partial charge on any atom is 0.347 e. The van der Waals surface area contributed by atoms with Gasteiger partial charge in [0.2, 0.25) is 5.89 Å². The van der Waals surface area contributed by atoms with Gasteiger partial charge in [-0.15, -0.1) is 0 Å². The van der Waals surface area contributed by atoms with Crippen LogP contribution in [0.15, 0.2) is 51.7 Å². The molecule has 2 aromatic carbocycles. The number of rotatable bonds is 4. The molecule has 0 amide bonds. The molecule has 0 atom stereocenters. The molecule has 0 spiro atoms. The predicted octanol–water partition coefficient (Wildman–Crippen LogP) is 3.19. The number of hydrogen-bond acceptors (Lipinski definition) is 7. The normalized spacial score (nSPS) is 11.0. The van der Waals surface area contributed by atoms with E-state index in [1.807, 2.05) is 0 Å². The van der Waals surface area contributed by atoms with E-state index in [1.165, 1.54) is 37.3 Å². The summed E-state index contributed by atoms with van der Waals surface area (Å²) in [5.41, 5.74) is 0.444. The average Bonchev–Trinajstić information content (AvgIpc) is 2.60. The van der Waals surface area contributed by atoms with Gasteiger partial charge in [-0.3, -0.25) is 14.9 Å². The van der Waals surface area contributed by atoms with E-state index in [0.717, 1.165) is 0 Å². The van der Waals surface area contributed by atoms with Gasteiger partial charge in [0.25, 0.3) is 5.69 Å². The average molecular weight is 352 g/mol. The van der Waals surface area contributed by atoms with E-state index in [4.69, 9.17) is 9.15 Å². The minimum absolute atomic E-state index is 0.0129. The van der Waals surface area contributed by atoms with Crippen LogP contribution in [0.1, 0.15) is 18.4 Å². The Balaban J connectivity index is 1.89. The highest BCUT2D eigenvalue weighted by atomic mass is 16.6. The highest BCUT2D eigenvalue weighted by Gasteiger charge is 2.08. The van der Waals surface area contributed by atoms with E-state index >= 15 is 0 Å². The molecule has 26 heavy (non-hydrogen) atoms. The third-order valence-corrected chi connectivity index (χ3v) is 3.40. The Morgan fingerprint density at radius 3 is 2.58 bits per heavy atom. The van der Waals surface area contributed by atoms with Crippen LogP contribution in [0.5, 0.6) is 5.75 Å². The van der Waals surface area contributed by atoms with Crippen molar-refractivity contribution < 1.29 is 18.9 Å². The number of nitro groups is 1. The second-order valence-electron chi connectivity index (χ2n) is 5.29. The molecule has 0 fully saturated rings. The molecule has 0 aliphatic rings. The van der Waals surface area contributed by atoms with Gasteiger partial charge in [-0.25, -0.2) is 9.78 Å². The lowest BCUT2D eigenvalue weighted by Crippen LogP contribution is -2.05. The summed E-state index contributed by atoms with van der Waals surface area (Å²) >= 11 is 0. The molecule has 0 saturated heterocycles. The van der Waals surface area contributed by atoms with Gasteiger partial charge in [0.1, 0.15) is 5.75 Å². The van der Waals surface area contributed by atoms with Gasteiger partial charge in [0.15, 0.2) is 0 Å². The van der Waals surface area contributed by atoms with Crippen molar-refractivity contribution in [1.29, 1.82) is 0 Å². The maximum absolute atomic E-state index is 12.1. The number of esters is 1. The molecule has 0 N–H and O–H groups in total. The van der Waals surface area contributed by atoms with Crippen molar-refractivity contribution in [3.63, 3.8) is 0 Å². The number of aromatic nitrogens is 1. The van der Waals surface area contributed by atoms with Gasteiger partial charge in [0, 0.05) is 25.1 Å². The molecule has 1 aromatic heterocycles. The molecule has 3 rings (SSSR count). The first-order valence-corrected chi connectivity index (χ1v) is 7.48. The molecule has 3 aromatic rings. The number of nitro benzene ring substituents is 1. The minimum Gasteiger partial charge on any atom is -0.427 e. The Hall–Kier alpha value is -3.81. The number of fused-ring (bicyclic) bond motifs is 1. The predicted molar refractivity (Wildman–Crippen MR) is 93.6 cm³/mol. The first-order valence-electron chi connectivity index (χ1n) is 7.48. The Bertz CT molecular complexity index is 1080. The SMILES string of the molecule is CC(=O)Oc1ccc2nc(/C=C/c3ccc([N+](=O)[O-])cc3)oc(=O)c2c1. The molecule has 8 heteroatoms. The highest BCUT2D eigenvalue weighted by Crippen LogP contribution is 2.18. The maximum atomic E-state index is 12.1. The van der Waals surface area contributed by atoms with E-state index in [9.17, 15) is 19.7 Å². The van der Waals surface area contributed by atoms with Crippen LogP contribution in [0.2, 0.25) is 0 Å². The van der Waals surface area contributed by atoms with Gasteiger partial charge >= 0.3 is 11.6 Å². The van der Waals surface area contributed by atoms with Gasteiger partial charge < -0.3 is 9.15 Å². The van der Waals surface area contributed by atoms with Crippen LogP contribution >= 0.6 is 0 Å². The first-order chi connectivity index (χ1) is 12.4. The van der Waals surface area contributed by atoms with Crippen LogP contribution in [0, 0.1) is 10.1 Å². The second-order valence-corrected chi connectivity index (χ2v) is 5.29. The largest absolute Gasteiger partial charge is 0.427 e. The quantitative estimate of drug-likeness (QED) is 0.307. The Morgan fingerprint density at radius 1 is 1.19 bits per heavy atom. The molecule has 0 saturated carbocycles. The molecule has 0 bridgehead atoms. The molecule has 0 aliphatic heterocycles. The smallest absolute Gasteiger partial charge is 0.347 e. The van der Waals surface area contributed by atoms with Gasteiger partial charge in [-0.1, -0.05) is 0 Å². The first kappa shape index (κ1) is 17.0. The van der Waals surface area contributed by atoms with E-state index in [-0.39, 0.29) is 22.7 Å². The lowest BCUT2D eigenvalue weighted by molar-refractivity contribution is -0.384. The van der Waals surface area contributed by atoms with E-state index in [2.05, 4.69) is 4.98 Å². The Labute approximate surface area is 146 Å². The monoisotopic (exact) mass is 352 g/mol. The summed E-state index contributed by atoms with van der Waals surface area (Å²) in [6.07, 6.45) is 3.11. The molecule has 130 valence electrons. The third-order valence-electron chi connectivity index (χ3n) is 3.40. The summed E-state index contributed by atoms with van der Waals surface area (Å²) in [5, 5.41) is 10.8.